The molecule has 1 fully saturated rings. The molecule has 1 amide bonds. The summed E-state index contributed by atoms with van der Waals surface area (Å²) in [6.45, 7) is 7.05. The molecule has 0 aromatic rings. The van der Waals surface area contributed by atoms with Gasteiger partial charge < -0.3 is 4.90 Å². The van der Waals surface area contributed by atoms with E-state index in [9.17, 15) is 9.18 Å². The Kier molecular flexibility index (Phi) is 3.23. The first-order valence-corrected chi connectivity index (χ1v) is 4.55. The van der Waals surface area contributed by atoms with Crippen LogP contribution in [0.25, 0.3) is 0 Å². The van der Waals surface area contributed by atoms with Gasteiger partial charge in [0.05, 0.1) is 0 Å². The fourth-order valence-corrected chi connectivity index (χ4v) is 1.47. The highest BCUT2D eigenvalue weighted by Gasteiger charge is 2.32. The molecule has 1 atom stereocenters. The molecule has 0 radical (unpaired) electrons. The van der Waals surface area contributed by atoms with Gasteiger partial charge in [-0.25, -0.2) is 4.39 Å². The van der Waals surface area contributed by atoms with Gasteiger partial charge in [0.2, 0.25) is 5.91 Å². The summed E-state index contributed by atoms with van der Waals surface area (Å²) in [5, 5.41) is 0. The molecule has 2 nitrogen and oxygen atoms in total. The third kappa shape index (κ3) is 2.10. The zero-order chi connectivity index (χ0) is 10.7. The summed E-state index contributed by atoms with van der Waals surface area (Å²) in [5.41, 5.74) is 0.769. The van der Waals surface area contributed by atoms with Crippen LogP contribution < -0.4 is 0 Å². The lowest BCUT2D eigenvalue weighted by Crippen LogP contribution is -2.49. The normalized spacial score (nSPS) is 23.5. The third-order valence-corrected chi connectivity index (χ3v) is 2.24. The molecule has 1 heterocycles. The molecule has 0 bridgehead atoms. The number of amides is 1. The molecule has 0 aromatic heterocycles. The number of hydrogen-bond donors (Lipinski definition) is 0. The Hall–Kier alpha value is -1.38. The Balaban J connectivity index is 2.69. The lowest BCUT2D eigenvalue weighted by atomic mass is 10.0. The molecule has 1 unspecified atom stereocenters. The number of allylic oxidation sites excluding steroid dienone is 5. The number of carbonyl (C=O) groups is 1. The Bertz CT molecular complexity index is 317. The number of rotatable bonds is 3. The van der Waals surface area contributed by atoms with Crippen LogP contribution in [0.2, 0.25) is 0 Å². The van der Waals surface area contributed by atoms with Gasteiger partial charge in [-0.15, -0.1) is 0 Å². The summed E-state index contributed by atoms with van der Waals surface area (Å²) in [6, 6.07) is 0.235. The van der Waals surface area contributed by atoms with Gasteiger partial charge in [0.15, 0.2) is 0 Å². The number of nitrogens with zero attached hydrogens (tertiary/aromatic N) is 1. The molecular formula is C11H14FNO. The zero-order valence-corrected chi connectivity index (χ0v) is 8.46. The van der Waals surface area contributed by atoms with Crippen LogP contribution in [0.5, 0.6) is 0 Å². The minimum Gasteiger partial charge on any atom is -0.313 e. The molecule has 14 heavy (non-hydrogen) atoms. The molecule has 0 saturated carbocycles. The topological polar surface area (TPSA) is 20.3 Å². The van der Waals surface area contributed by atoms with Gasteiger partial charge in [-0.3, -0.25) is 4.79 Å². The van der Waals surface area contributed by atoms with Crippen LogP contribution >= 0.6 is 0 Å². The summed E-state index contributed by atoms with van der Waals surface area (Å²) in [4.78, 5) is 12.8. The van der Waals surface area contributed by atoms with E-state index < -0.39 is 5.83 Å². The molecule has 3 heteroatoms. The summed E-state index contributed by atoms with van der Waals surface area (Å²) in [5.74, 6) is -0.302. The summed E-state index contributed by atoms with van der Waals surface area (Å²) >= 11 is 0. The van der Waals surface area contributed by atoms with Crippen molar-refractivity contribution >= 4 is 5.91 Å². The lowest BCUT2D eigenvalue weighted by molar-refractivity contribution is -0.141. The van der Waals surface area contributed by atoms with Crippen molar-refractivity contribution in [2.24, 2.45) is 0 Å². The van der Waals surface area contributed by atoms with Gasteiger partial charge in [0.1, 0.15) is 5.83 Å². The van der Waals surface area contributed by atoms with Crippen LogP contribution in [0, 0.1) is 0 Å². The Labute approximate surface area is 83.4 Å². The van der Waals surface area contributed by atoms with E-state index in [0.29, 0.717) is 6.42 Å². The van der Waals surface area contributed by atoms with Gasteiger partial charge in [-0.2, -0.15) is 0 Å². The predicted octanol–water partition coefficient (Wildman–Crippen LogP) is 2.55. The van der Waals surface area contributed by atoms with Crippen molar-refractivity contribution in [3.05, 3.63) is 36.3 Å². The number of β-lactam (4-membered cyclic amide) rings is 1. The van der Waals surface area contributed by atoms with Gasteiger partial charge in [0, 0.05) is 18.2 Å². The molecule has 0 aliphatic carbocycles. The van der Waals surface area contributed by atoms with Crippen LogP contribution in [0.3, 0.4) is 0 Å². The van der Waals surface area contributed by atoms with Gasteiger partial charge >= 0.3 is 0 Å². The third-order valence-electron chi connectivity index (χ3n) is 2.24. The van der Waals surface area contributed by atoms with Crippen molar-refractivity contribution in [2.45, 2.75) is 26.3 Å². The Morgan fingerprint density at radius 1 is 1.64 bits per heavy atom. The number of hydrogen-bond acceptors (Lipinski definition) is 1. The average molecular weight is 195 g/mol. The molecule has 1 saturated heterocycles. The van der Waals surface area contributed by atoms with E-state index in [1.807, 2.05) is 6.92 Å². The molecule has 0 N–H and O–H groups in total. The van der Waals surface area contributed by atoms with E-state index in [4.69, 9.17) is 0 Å². The van der Waals surface area contributed by atoms with Crippen molar-refractivity contribution < 1.29 is 9.18 Å². The second-order valence-corrected chi connectivity index (χ2v) is 3.38. The monoisotopic (exact) mass is 195 g/mol. The molecule has 1 rings (SSSR count). The van der Waals surface area contributed by atoms with Crippen molar-refractivity contribution in [1.82, 2.24) is 4.90 Å². The second-order valence-electron chi connectivity index (χ2n) is 3.38. The Morgan fingerprint density at radius 2 is 2.29 bits per heavy atom. The van der Waals surface area contributed by atoms with Crippen molar-refractivity contribution in [2.75, 3.05) is 0 Å². The maximum atomic E-state index is 12.7. The fraction of sp³-hybridized carbons (Fsp3) is 0.364. The fourth-order valence-electron chi connectivity index (χ4n) is 1.47. The summed E-state index contributed by atoms with van der Waals surface area (Å²) < 4.78 is 12.7. The maximum Gasteiger partial charge on any atom is 0.229 e. The number of carbonyl (C=O) groups excluding carboxylic acids is 1. The molecule has 1 aliphatic rings. The van der Waals surface area contributed by atoms with Crippen molar-refractivity contribution in [3.63, 3.8) is 0 Å². The molecule has 0 aromatic carbocycles. The van der Waals surface area contributed by atoms with Crippen LogP contribution in [-0.4, -0.2) is 16.8 Å². The standard InChI is InChI=1S/C11H14FNO/c1-4-10(12)6-5-8(2)13-9(3)7-11(13)14/h4-6,9H,1,7H2,2-3H3. The number of likely N-dealkylation sites (tertiary alicyclic amines) is 1. The first-order chi connectivity index (χ1) is 6.56. The van der Waals surface area contributed by atoms with E-state index in [0.717, 1.165) is 11.8 Å². The molecular weight excluding hydrogens is 181 g/mol. The molecule has 1 aliphatic heterocycles. The lowest BCUT2D eigenvalue weighted by Gasteiger charge is -2.38. The average Bonchev–Trinajstić information content (AvgIpc) is 2.13. The molecule has 0 spiro atoms. The zero-order valence-electron chi connectivity index (χ0n) is 8.46. The highest BCUT2D eigenvalue weighted by molar-refractivity contribution is 5.84. The highest BCUT2D eigenvalue weighted by Crippen LogP contribution is 2.23. The van der Waals surface area contributed by atoms with Gasteiger partial charge in [-0.1, -0.05) is 6.58 Å². The SMILES string of the molecule is C=CC(F)=CC=C(C)N1C(=O)CC1C. The maximum absolute atomic E-state index is 12.7. The predicted molar refractivity (Wildman–Crippen MR) is 54.1 cm³/mol. The van der Waals surface area contributed by atoms with Crippen LogP contribution in [0.1, 0.15) is 20.3 Å². The van der Waals surface area contributed by atoms with Crippen molar-refractivity contribution in [3.8, 4) is 0 Å². The van der Waals surface area contributed by atoms with E-state index in [2.05, 4.69) is 6.58 Å². The minimum absolute atomic E-state index is 0.0960. The smallest absolute Gasteiger partial charge is 0.229 e. The minimum atomic E-state index is -0.398. The second kappa shape index (κ2) is 4.22. The summed E-state index contributed by atoms with van der Waals surface area (Å²) in [6.07, 6.45) is 4.61. The summed E-state index contributed by atoms with van der Waals surface area (Å²) in [7, 11) is 0. The van der Waals surface area contributed by atoms with Crippen molar-refractivity contribution in [1.29, 1.82) is 0 Å². The van der Waals surface area contributed by atoms with E-state index in [1.54, 1.807) is 17.9 Å². The number of halogens is 1. The van der Waals surface area contributed by atoms with Crippen LogP contribution in [0.4, 0.5) is 4.39 Å². The van der Waals surface area contributed by atoms with Gasteiger partial charge in [-0.05, 0) is 32.1 Å². The largest absolute Gasteiger partial charge is 0.313 e. The quantitative estimate of drug-likeness (QED) is 0.500. The van der Waals surface area contributed by atoms with E-state index >= 15 is 0 Å². The Morgan fingerprint density at radius 3 is 2.71 bits per heavy atom. The van der Waals surface area contributed by atoms with Gasteiger partial charge in [0.25, 0.3) is 0 Å². The van der Waals surface area contributed by atoms with Crippen LogP contribution in [-0.2, 0) is 4.79 Å². The first kappa shape index (κ1) is 10.7. The first-order valence-electron chi connectivity index (χ1n) is 4.55. The van der Waals surface area contributed by atoms with E-state index in [1.165, 1.54) is 6.08 Å². The van der Waals surface area contributed by atoms with E-state index in [-0.39, 0.29) is 11.9 Å². The molecule has 76 valence electrons. The van der Waals surface area contributed by atoms with Crippen LogP contribution in [0.15, 0.2) is 36.3 Å². The highest BCUT2D eigenvalue weighted by atomic mass is 19.1.